The predicted octanol–water partition coefficient (Wildman–Crippen LogP) is 3.84. The van der Waals surface area contributed by atoms with Crippen LogP contribution in [0.2, 0.25) is 0 Å². The molecule has 0 aliphatic carbocycles. The maximum atomic E-state index is 10.3. The first-order valence-electron chi connectivity index (χ1n) is 7.22. The standard InChI is InChI=1S/C8H14O2.2C5H8O2/c1-6(7(9)10)5-8(2,3)4;1-4(2)5(6)7-3;1-3-4(2)5(6)7/h5H,1-4H3,(H,9,10);1H2,2-3H3;3H,1-2H3,(H,6,7). The van der Waals surface area contributed by atoms with Crippen molar-refractivity contribution in [1.29, 1.82) is 0 Å². The Balaban J connectivity index is -0.000000283. The third-order valence-electron chi connectivity index (χ3n) is 2.29. The number of esters is 1. The van der Waals surface area contributed by atoms with Gasteiger partial charge in [0.1, 0.15) is 0 Å². The Bertz CT molecular complexity index is 504. The van der Waals surface area contributed by atoms with E-state index in [9.17, 15) is 14.4 Å². The third-order valence-corrected chi connectivity index (χ3v) is 2.29. The summed E-state index contributed by atoms with van der Waals surface area (Å²) < 4.78 is 4.27. The molecule has 0 saturated carbocycles. The van der Waals surface area contributed by atoms with Crippen LogP contribution in [-0.2, 0) is 19.1 Å². The molecule has 24 heavy (non-hydrogen) atoms. The summed E-state index contributed by atoms with van der Waals surface area (Å²) in [4.78, 5) is 30.4. The molecule has 0 radical (unpaired) electrons. The van der Waals surface area contributed by atoms with Crippen molar-refractivity contribution in [1.82, 2.24) is 0 Å². The molecular formula is C18H30O6. The molecule has 0 unspecified atom stereocenters. The number of rotatable bonds is 3. The molecule has 0 aromatic heterocycles. The lowest BCUT2D eigenvalue weighted by atomic mass is 9.94. The molecule has 0 aliphatic heterocycles. The summed E-state index contributed by atoms with van der Waals surface area (Å²) in [5, 5.41) is 16.6. The molecule has 0 atom stereocenters. The van der Waals surface area contributed by atoms with E-state index in [-0.39, 0.29) is 11.4 Å². The quantitative estimate of drug-likeness (QED) is 0.597. The van der Waals surface area contributed by atoms with Gasteiger partial charge in [-0.2, -0.15) is 0 Å². The Morgan fingerprint density at radius 1 is 0.958 bits per heavy atom. The molecule has 0 bridgehead atoms. The summed E-state index contributed by atoms with van der Waals surface area (Å²) in [6.07, 6.45) is 3.30. The number of carboxylic acids is 2. The lowest BCUT2D eigenvalue weighted by Gasteiger charge is -2.11. The van der Waals surface area contributed by atoms with E-state index >= 15 is 0 Å². The van der Waals surface area contributed by atoms with Crippen LogP contribution >= 0.6 is 0 Å². The van der Waals surface area contributed by atoms with E-state index in [0.717, 1.165) is 0 Å². The number of aliphatic carboxylic acids is 2. The van der Waals surface area contributed by atoms with Gasteiger partial charge in [0.25, 0.3) is 0 Å². The lowest BCUT2D eigenvalue weighted by Crippen LogP contribution is -2.05. The summed E-state index contributed by atoms with van der Waals surface area (Å²) in [6, 6.07) is 0. The zero-order valence-electron chi connectivity index (χ0n) is 15.9. The van der Waals surface area contributed by atoms with E-state index in [1.165, 1.54) is 7.11 Å². The monoisotopic (exact) mass is 342 g/mol. The van der Waals surface area contributed by atoms with Crippen molar-refractivity contribution in [3.8, 4) is 0 Å². The highest BCUT2D eigenvalue weighted by Gasteiger charge is 2.09. The molecule has 0 aromatic carbocycles. The Labute approximate surface area is 144 Å². The fourth-order valence-corrected chi connectivity index (χ4v) is 1.01. The van der Waals surface area contributed by atoms with Crippen LogP contribution < -0.4 is 0 Å². The highest BCUT2D eigenvalue weighted by molar-refractivity contribution is 5.87. The zero-order chi connectivity index (χ0) is 20.1. The molecule has 6 nitrogen and oxygen atoms in total. The van der Waals surface area contributed by atoms with Gasteiger partial charge in [-0.1, -0.05) is 39.5 Å². The largest absolute Gasteiger partial charge is 0.478 e. The topological polar surface area (TPSA) is 101 Å². The summed E-state index contributed by atoms with van der Waals surface area (Å²) in [5.41, 5.74) is 1.19. The van der Waals surface area contributed by atoms with Gasteiger partial charge in [-0.05, 0) is 33.1 Å². The molecule has 0 heterocycles. The third kappa shape index (κ3) is 19.6. The number of carboxylic acid groups (broad SMARTS) is 2. The molecule has 2 N–H and O–H groups in total. The first kappa shape index (κ1) is 26.5. The summed E-state index contributed by atoms with van der Waals surface area (Å²) in [5.74, 6) is -2.03. The van der Waals surface area contributed by atoms with Crippen molar-refractivity contribution in [3.05, 3.63) is 35.5 Å². The molecule has 0 rings (SSSR count). The molecule has 0 spiro atoms. The molecule has 0 fully saturated rings. The van der Waals surface area contributed by atoms with Crippen molar-refractivity contribution in [2.45, 2.75) is 48.5 Å². The smallest absolute Gasteiger partial charge is 0.332 e. The van der Waals surface area contributed by atoms with Crippen LogP contribution in [0.4, 0.5) is 0 Å². The van der Waals surface area contributed by atoms with Gasteiger partial charge in [-0.3, -0.25) is 0 Å². The highest BCUT2D eigenvalue weighted by atomic mass is 16.5. The van der Waals surface area contributed by atoms with Gasteiger partial charge in [0.15, 0.2) is 0 Å². The van der Waals surface area contributed by atoms with E-state index in [4.69, 9.17) is 10.2 Å². The maximum absolute atomic E-state index is 10.3. The Morgan fingerprint density at radius 2 is 1.33 bits per heavy atom. The van der Waals surface area contributed by atoms with Crippen molar-refractivity contribution < 1.29 is 29.3 Å². The molecule has 0 amide bonds. The normalized spacial score (nSPS) is 11.2. The second-order valence-electron chi connectivity index (χ2n) is 6.05. The number of hydrogen-bond donors (Lipinski definition) is 2. The SMILES string of the molecule is C=C(C)C(=O)OC.CC(=CC(C)(C)C)C(=O)O.CC=C(C)C(=O)O. The molecule has 0 saturated heterocycles. The van der Waals surface area contributed by atoms with Crippen LogP contribution in [0.25, 0.3) is 0 Å². The van der Waals surface area contributed by atoms with Gasteiger partial charge in [0.2, 0.25) is 0 Å². The van der Waals surface area contributed by atoms with Crippen molar-refractivity contribution >= 4 is 17.9 Å². The summed E-state index contributed by atoms with van der Waals surface area (Å²) in [6.45, 7) is 15.7. The first-order valence-corrected chi connectivity index (χ1v) is 7.22. The Morgan fingerprint density at radius 3 is 1.38 bits per heavy atom. The zero-order valence-corrected chi connectivity index (χ0v) is 15.9. The molecule has 0 aromatic rings. The molecule has 6 heteroatoms. The average Bonchev–Trinajstić information content (AvgIpc) is 2.44. The lowest BCUT2D eigenvalue weighted by molar-refractivity contribution is -0.136. The van der Waals surface area contributed by atoms with E-state index in [0.29, 0.717) is 16.7 Å². The molecule has 138 valence electrons. The Hall–Kier alpha value is -2.37. The number of hydrogen-bond acceptors (Lipinski definition) is 4. The van der Waals surface area contributed by atoms with Crippen molar-refractivity contribution in [3.63, 3.8) is 0 Å². The second kappa shape index (κ2) is 13.1. The van der Waals surface area contributed by atoms with Crippen LogP contribution in [0.15, 0.2) is 35.5 Å². The van der Waals surface area contributed by atoms with Crippen LogP contribution in [0.5, 0.6) is 0 Å². The van der Waals surface area contributed by atoms with Crippen LogP contribution in [0.1, 0.15) is 48.5 Å². The van der Waals surface area contributed by atoms with E-state index < -0.39 is 11.9 Å². The fourth-order valence-electron chi connectivity index (χ4n) is 1.01. The van der Waals surface area contributed by atoms with Crippen LogP contribution in [-0.4, -0.2) is 35.2 Å². The maximum Gasteiger partial charge on any atom is 0.332 e. The van der Waals surface area contributed by atoms with E-state index in [1.54, 1.807) is 39.8 Å². The van der Waals surface area contributed by atoms with E-state index in [1.807, 2.05) is 20.8 Å². The van der Waals surface area contributed by atoms with Gasteiger partial charge < -0.3 is 14.9 Å². The Kier molecular flexibility index (Phi) is 14.5. The number of methoxy groups -OCH3 is 1. The van der Waals surface area contributed by atoms with Gasteiger partial charge in [-0.25, -0.2) is 14.4 Å². The fraction of sp³-hybridized carbons (Fsp3) is 0.500. The van der Waals surface area contributed by atoms with Gasteiger partial charge >= 0.3 is 17.9 Å². The van der Waals surface area contributed by atoms with Gasteiger partial charge in [0, 0.05) is 16.7 Å². The minimum absolute atomic E-state index is 0.0392. The van der Waals surface area contributed by atoms with E-state index in [2.05, 4.69) is 11.3 Å². The van der Waals surface area contributed by atoms with Crippen LogP contribution in [0, 0.1) is 5.41 Å². The average molecular weight is 342 g/mol. The van der Waals surface area contributed by atoms with Gasteiger partial charge in [0.05, 0.1) is 7.11 Å². The molecule has 0 aliphatic rings. The summed E-state index contributed by atoms with van der Waals surface area (Å²) in [7, 11) is 1.33. The number of carbonyl (C=O) groups is 3. The molecular weight excluding hydrogens is 312 g/mol. The summed E-state index contributed by atoms with van der Waals surface area (Å²) >= 11 is 0. The minimum Gasteiger partial charge on any atom is -0.478 e. The van der Waals surface area contributed by atoms with Crippen molar-refractivity contribution in [2.24, 2.45) is 5.41 Å². The first-order chi connectivity index (χ1) is 10.7. The number of carbonyl (C=O) groups excluding carboxylic acids is 1. The number of ether oxygens (including phenoxy) is 1. The minimum atomic E-state index is -0.845. The number of allylic oxidation sites excluding steroid dienone is 2. The predicted molar refractivity (Wildman–Crippen MR) is 94.7 cm³/mol. The van der Waals surface area contributed by atoms with Gasteiger partial charge in [-0.15, -0.1) is 0 Å². The second-order valence-corrected chi connectivity index (χ2v) is 6.05. The van der Waals surface area contributed by atoms with Crippen LogP contribution in [0.3, 0.4) is 0 Å². The highest BCUT2D eigenvalue weighted by Crippen LogP contribution is 2.17. The van der Waals surface area contributed by atoms with Crippen molar-refractivity contribution in [2.75, 3.05) is 7.11 Å².